The molecular formula is C12H17NS. The van der Waals surface area contributed by atoms with Crippen LogP contribution in [0.5, 0.6) is 0 Å². The third-order valence-corrected chi connectivity index (χ3v) is 2.59. The molecule has 1 rings (SSSR count). The molecule has 0 radical (unpaired) electrons. The number of hydrogen-bond donors (Lipinski definition) is 1. The maximum Gasteiger partial charge on any atom is 0.0682 e. The van der Waals surface area contributed by atoms with Crippen LogP contribution >= 0.6 is 12.6 Å². The van der Waals surface area contributed by atoms with Gasteiger partial charge in [0, 0.05) is 13.1 Å². The molecule has 0 saturated heterocycles. The molecule has 2 heteroatoms. The number of thiol groups is 1. The Labute approximate surface area is 91.8 Å². The van der Waals surface area contributed by atoms with E-state index in [-0.39, 0.29) is 0 Å². The van der Waals surface area contributed by atoms with Gasteiger partial charge in [-0.3, -0.25) is 0 Å². The minimum Gasteiger partial charge on any atom is -0.367 e. The first kappa shape index (κ1) is 11.2. The topological polar surface area (TPSA) is 3.24 Å². The summed E-state index contributed by atoms with van der Waals surface area (Å²) >= 11 is 4.48. The van der Waals surface area contributed by atoms with E-state index in [2.05, 4.69) is 49.6 Å². The third kappa shape index (κ3) is 3.11. The lowest BCUT2D eigenvalue weighted by Gasteiger charge is -2.20. The van der Waals surface area contributed by atoms with Gasteiger partial charge in [-0.2, -0.15) is 0 Å². The second-order valence-corrected chi connectivity index (χ2v) is 3.54. The summed E-state index contributed by atoms with van der Waals surface area (Å²) < 4.78 is 0. The van der Waals surface area contributed by atoms with Crippen molar-refractivity contribution in [3.8, 4) is 0 Å². The molecule has 0 heterocycles. The van der Waals surface area contributed by atoms with Gasteiger partial charge in [0.15, 0.2) is 0 Å². The van der Waals surface area contributed by atoms with E-state index >= 15 is 0 Å². The number of rotatable bonds is 4. The van der Waals surface area contributed by atoms with Crippen molar-refractivity contribution in [2.75, 3.05) is 13.1 Å². The summed E-state index contributed by atoms with van der Waals surface area (Å²) in [6.07, 6.45) is 2.09. The molecule has 1 aromatic rings. The summed E-state index contributed by atoms with van der Waals surface area (Å²) in [5, 5.41) is 1.03. The Morgan fingerprint density at radius 3 is 2.29 bits per heavy atom. The zero-order chi connectivity index (χ0) is 10.4. The average Bonchev–Trinajstić information content (AvgIpc) is 2.21. The van der Waals surface area contributed by atoms with Crippen molar-refractivity contribution in [3.63, 3.8) is 0 Å². The summed E-state index contributed by atoms with van der Waals surface area (Å²) in [7, 11) is 0. The molecule has 0 aliphatic carbocycles. The molecule has 0 amide bonds. The van der Waals surface area contributed by atoms with E-state index in [1.54, 1.807) is 0 Å². The molecule has 0 unspecified atom stereocenters. The van der Waals surface area contributed by atoms with Gasteiger partial charge >= 0.3 is 0 Å². The van der Waals surface area contributed by atoms with Gasteiger partial charge in [0.25, 0.3) is 0 Å². The fourth-order valence-electron chi connectivity index (χ4n) is 1.34. The van der Waals surface area contributed by atoms with Crippen LogP contribution in [0.1, 0.15) is 19.4 Å². The molecule has 1 nitrogen and oxygen atoms in total. The van der Waals surface area contributed by atoms with Crippen LogP contribution < -0.4 is 0 Å². The first-order chi connectivity index (χ1) is 6.77. The Morgan fingerprint density at radius 1 is 1.21 bits per heavy atom. The number of hydrogen-bond acceptors (Lipinski definition) is 2. The van der Waals surface area contributed by atoms with Gasteiger partial charge in [0.1, 0.15) is 0 Å². The highest BCUT2D eigenvalue weighted by Gasteiger charge is 1.99. The van der Waals surface area contributed by atoms with Crippen LogP contribution in [-0.2, 0) is 0 Å². The smallest absolute Gasteiger partial charge is 0.0682 e. The summed E-state index contributed by atoms with van der Waals surface area (Å²) in [5.41, 5.74) is 1.20. The van der Waals surface area contributed by atoms with Gasteiger partial charge in [-0.1, -0.05) is 30.3 Å². The van der Waals surface area contributed by atoms with Crippen molar-refractivity contribution in [1.82, 2.24) is 4.90 Å². The zero-order valence-corrected chi connectivity index (χ0v) is 9.67. The van der Waals surface area contributed by atoms with E-state index in [9.17, 15) is 0 Å². The van der Waals surface area contributed by atoms with Crippen molar-refractivity contribution < 1.29 is 0 Å². The summed E-state index contributed by atoms with van der Waals surface area (Å²) in [6.45, 7) is 6.27. The van der Waals surface area contributed by atoms with Crippen molar-refractivity contribution in [2.24, 2.45) is 0 Å². The Bertz CT molecular complexity index is 288. The van der Waals surface area contributed by atoms with Crippen LogP contribution in [0.4, 0.5) is 0 Å². The predicted molar refractivity (Wildman–Crippen MR) is 66.3 cm³/mol. The standard InChI is InChI=1S/C12H17NS/c1-3-13(4-2)12(14)10-11-8-6-5-7-9-11/h5-10,14H,3-4H2,1-2H3/b12-10-. The molecule has 0 bridgehead atoms. The Morgan fingerprint density at radius 2 is 1.79 bits per heavy atom. The van der Waals surface area contributed by atoms with Crippen LogP contribution in [0.3, 0.4) is 0 Å². The lowest BCUT2D eigenvalue weighted by Crippen LogP contribution is -2.19. The molecule has 0 saturated carbocycles. The SMILES string of the molecule is CCN(CC)/C(S)=C/c1ccccc1. The molecule has 0 aliphatic heterocycles. The monoisotopic (exact) mass is 207 g/mol. The minimum absolute atomic E-state index is 0.999. The van der Waals surface area contributed by atoms with E-state index in [0.29, 0.717) is 0 Å². The van der Waals surface area contributed by atoms with E-state index in [1.807, 2.05) is 18.2 Å². The van der Waals surface area contributed by atoms with Gasteiger partial charge in [0.05, 0.1) is 5.03 Å². The molecular weight excluding hydrogens is 190 g/mol. The number of nitrogens with zero attached hydrogens (tertiary/aromatic N) is 1. The molecule has 14 heavy (non-hydrogen) atoms. The van der Waals surface area contributed by atoms with Crippen molar-refractivity contribution in [1.29, 1.82) is 0 Å². The van der Waals surface area contributed by atoms with Crippen molar-refractivity contribution in [2.45, 2.75) is 13.8 Å². The lowest BCUT2D eigenvalue weighted by atomic mass is 10.2. The van der Waals surface area contributed by atoms with E-state index in [4.69, 9.17) is 0 Å². The van der Waals surface area contributed by atoms with Crippen molar-refractivity contribution >= 4 is 18.7 Å². The Balaban J connectivity index is 2.77. The quantitative estimate of drug-likeness (QED) is 0.742. The maximum absolute atomic E-state index is 4.48. The van der Waals surface area contributed by atoms with Crippen LogP contribution in [0.15, 0.2) is 35.4 Å². The largest absolute Gasteiger partial charge is 0.367 e. The maximum atomic E-state index is 4.48. The highest BCUT2D eigenvalue weighted by atomic mass is 32.1. The number of benzene rings is 1. The van der Waals surface area contributed by atoms with Crippen LogP contribution in [0.2, 0.25) is 0 Å². The molecule has 0 aliphatic rings. The van der Waals surface area contributed by atoms with E-state index in [1.165, 1.54) is 5.56 Å². The first-order valence-electron chi connectivity index (χ1n) is 4.98. The van der Waals surface area contributed by atoms with Gasteiger partial charge in [0.2, 0.25) is 0 Å². The summed E-state index contributed by atoms with van der Waals surface area (Å²) in [4.78, 5) is 2.22. The highest BCUT2D eigenvalue weighted by molar-refractivity contribution is 7.84. The zero-order valence-electron chi connectivity index (χ0n) is 8.77. The Kier molecular flexibility index (Phi) is 4.60. The fourth-order valence-corrected chi connectivity index (χ4v) is 1.77. The molecule has 0 spiro atoms. The fraction of sp³-hybridized carbons (Fsp3) is 0.333. The summed E-state index contributed by atoms with van der Waals surface area (Å²) in [6, 6.07) is 10.3. The van der Waals surface area contributed by atoms with E-state index in [0.717, 1.165) is 18.1 Å². The van der Waals surface area contributed by atoms with Crippen LogP contribution in [0.25, 0.3) is 6.08 Å². The first-order valence-corrected chi connectivity index (χ1v) is 5.43. The highest BCUT2D eigenvalue weighted by Crippen LogP contribution is 2.13. The lowest BCUT2D eigenvalue weighted by molar-refractivity contribution is 0.412. The van der Waals surface area contributed by atoms with Crippen LogP contribution in [0, 0.1) is 0 Å². The van der Waals surface area contributed by atoms with Crippen LogP contribution in [-0.4, -0.2) is 18.0 Å². The van der Waals surface area contributed by atoms with E-state index < -0.39 is 0 Å². The molecule has 76 valence electrons. The van der Waals surface area contributed by atoms with Crippen molar-refractivity contribution in [3.05, 3.63) is 40.9 Å². The normalized spacial score (nSPS) is 11.5. The predicted octanol–water partition coefficient (Wildman–Crippen LogP) is 3.26. The van der Waals surface area contributed by atoms with Gasteiger partial charge in [-0.05, 0) is 25.5 Å². The average molecular weight is 207 g/mol. The Hall–Kier alpha value is -0.890. The third-order valence-electron chi connectivity index (χ3n) is 2.18. The van der Waals surface area contributed by atoms with Gasteiger partial charge in [-0.25, -0.2) is 0 Å². The summed E-state index contributed by atoms with van der Waals surface area (Å²) in [5.74, 6) is 0. The molecule has 0 aromatic heterocycles. The van der Waals surface area contributed by atoms with Gasteiger partial charge in [-0.15, -0.1) is 12.6 Å². The second kappa shape index (κ2) is 5.76. The second-order valence-electron chi connectivity index (χ2n) is 3.09. The van der Waals surface area contributed by atoms with Gasteiger partial charge < -0.3 is 4.90 Å². The minimum atomic E-state index is 0.999. The molecule has 0 N–H and O–H groups in total. The molecule has 0 atom stereocenters. The molecule has 1 aromatic carbocycles. The molecule has 0 fully saturated rings.